The molecule has 2 unspecified atom stereocenters. The second-order valence-electron chi connectivity index (χ2n) is 3.95. The van der Waals surface area contributed by atoms with Gasteiger partial charge in [-0.15, -0.1) is 0 Å². The summed E-state index contributed by atoms with van der Waals surface area (Å²) in [6.45, 7) is 6.93. The molecule has 2 atom stereocenters. The Hall–Kier alpha value is -1.09. The molecule has 3 nitrogen and oxygen atoms in total. The van der Waals surface area contributed by atoms with Crippen LogP contribution in [0.2, 0.25) is 0 Å². The molecule has 3 heteroatoms. The van der Waals surface area contributed by atoms with Crippen molar-refractivity contribution in [3.63, 3.8) is 0 Å². The minimum absolute atomic E-state index is 0.133. The zero-order valence-corrected chi connectivity index (χ0v) is 9.73. The number of aromatic nitrogens is 1. The Bertz CT molecular complexity index is 299. The summed E-state index contributed by atoms with van der Waals surface area (Å²) in [7, 11) is 0. The summed E-state index contributed by atoms with van der Waals surface area (Å²) >= 11 is 0. The summed E-state index contributed by atoms with van der Waals surface area (Å²) in [5.74, 6) is 1.14. The molecule has 0 aliphatic carbocycles. The Labute approximate surface area is 91.7 Å². The van der Waals surface area contributed by atoms with Crippen molar-refractivity contribution in [2.24, 2.45) is 5.73 Å². The van der Waals surface area contributed by atoms with E-state index in [0.717, 1.165) is 24.3 Å². The maximum Gasteiger partial charge on any atom is 0.137 e. The van der Waals surface area contributed by atoms with Crippen molar-refractivity contribution >= 4 is 0 Å². The highest BCUT2D eigenvalue weighted by Crippen LogP contribution is 2.21. The second kappa shape index (κ2) is 5.71. The zero-order chi connectivity index (χ0) is 11.3. The number of hydrogen-bond donors (Lipinski definition) is 1. The molecule has 0 saturated carbocycles. The first-order valence-electron chi connectivity index (χ1n) is 5.48. The number of nitrogens with zero attached hydrogens (tertiary/aromatic N) is 1. The highest BCUT2D eigenvalue weighted by Gasteiger charge is 2.11. The summed E-state index contributed by atoms with van der Waals surface area (Å²) in [5, 5.41) is 0. The van der Waals surface area contributed by atoms with Crippen molar-refractivity contribution in [1.29, 1.82) is 0 Å². The van der Waals surface area contributed by atoms with Crippen LogP contribution in [0, 0.1) is 0 Å². The van der Waals surface area contributed by atoms with Gasteiger partial charge in [0.25, 0.3) is 0 Å². The molecule has 0 fully saturated rings. The van der Waals surface area contributed by atoms with Gasteiger partial charge in [-0.3, -0.25) is 4.98 Å². The Kier molecular flexibility index (Phi) is 4.56. The van der Waals surface area contributed by atoms with Crippen LogP contribution in [0.3, 0.4) is 0 Å². The summed E-state index contributed by atoms with van der Waals surface area (Å²) in [5.41, 5.74) is 6.99. The van der Waals surface area contributed by atoms with E-state index >= 15 is 0 Å². The van der Waals surface area contributed by atoms with Crippen LogP contribution in [0.1, 0.15) is 38.7 Å². The molecule has 1 aromatic rings. The molecule has 0 spiro atoms. The average Bonchev–Trinajstić information content (AvgIpc) is 2.25. The van der Waals surface area contributed by atoms with Crippen molar-refractivity contribution in [1.82, 2.24) is 4.98 Å². The van der Waals surface area contributed by atoms with Gasteiger partial charge in [0.05, 0.1) is 12.8 Å². The quantitative estimate of drug-likeness (QED) is 0.807. The molecule has 0 saturated heterocycles. The molecule has 0 aromatic carbocycles. The second-order valence-corrected chi connectivity index (χ2v) is 3.95. The minimum atomic E-state index is 0.133. The van der Waals surface area contributed by atoms with Gasteiger partial charge in [0, 0.05) is 12.2 Å². The third kappa shape index (κ3) is 3.51. The highest BCUT2D eigenvalue weighted by atomic mass is 16.5. The largest absolute Gasteiger partial charge is 0.492 e. The van der Waals surface area contributed by atoms with Crippen molar-refractivity contribution in [2.45, 2.75) is 39.2 Å². The molecule has 0 aliphatic rings. The van der Waals surface area contributed by atoms with Crippen LogP contribution in [0.15, 0.2) is 18.5 Å². The average molecular weight is 208 g/mol. The molecule has 0 bridgehead atoms. The highest BCUT2D eigenvalue weighted by molar-refractivity contribution is 5.26. The third-order valence-electron chi connectivity index (χ3n) is 2.52. The number of rotatable bonds is 5. The summed E-state index contributed by atoms with van der Waals surface area (Å²) in [4.78, 5) is 4.16. The lowest BCUT2D eigenvalue weighted by atomic mass is 9.97. The van der Waals surface area contributed by atoms with Crippen molar-refractivity contribution in [2.75, 3.05) is 6.61 Å². The van der Waals surface area contributed by atoms with Crippen LogP contribution in [0.4, 0.5) is 0 Å². The van der Waals surface area contributed by atoms with Gasteiger partial charge in [-0.25, -0.2) is 0 Å². The van der Waals surface area contributed by atoms with Crippen molar-refractivity contribution < 1.29 is 4.74 Å². The third-order valence-corrected chi connectivity index (χ3v) is 2.52. The predicted molar refractivity (Wildman–Crippen MR) is 62.1 cm³/mol. The lowest BCUT2D eigenvalue weighted by Crippen LogP contribution is -2.22. The smallest absolute Gasteiger partial charge is 0.137 e. The number of hydrogen-bond acceptors (Lipinski definition) is 3. The number of pyridine rings is 1. The fraction of sp³-hybridized carbons (Fsp3) is 0.583. The monoisotopic (exact) mass is 208 g/mol. The van der Waals surface area contributed by atoms with Gasteiger partial charge >= 0.3 is 0 Å². The normalized spacial score (nSPS) is 14.7. The van der Waals surface area contributed by atoms with E-state index in [1.54, 1.807) is 6.20 Å². The van der Waals surface area contributed by atoms with Crippen molar-refractivity contribution in [3.8, 4) is 5.75 Å². The van der Waals surface area contributed by atoms with Crippen LogP contribution in [-0.4, -0.2) is 17.6 Å². The summed E-state index contributed by atoms with van der Waals surface area (Å²) < 4.78 is 5.52. The molecule has 0 aliphatic heterocycles. The van der Waals surface area contributed by atoms with Gasteiger partial charge in [0.2, 0.25) is 0 Å². The molecular weight excluding hydrogens is 188 g/mol. The van der Waals surface area contributed by atoms with Gasteiger partial charge in [0.15, 0.2) is 0 Å². The van der Waals surface area contributed by atoms with Gasteiger partial charge in [-0.1, -0.05) is 13.8 Å². The maximum atomic E-state index is 5.85. The first-order valence-corrected chi connectivity index (χ1v) is 5.48. The van der Waals surface area contributed by atoms with E-state index in [4.69, 9.17) is 10.5 Å². The summed E-state index contributed by atoms with van der Waals surface area (Å²) in [6, 6.07) is 2.16. The Morgan fingerprint density at radius 2 is 2.13 bits per heavy atom. The first kappa shape index (κ1) is 12.0. The van der Waals surface area contributed by atoms with Gasteiger partial charge < -0.3 is 10.5 Å². The Morgan fingerprint density at radius 1 is 1.40 bits per heavy atom. The molecule has 1 aromatic heterocycles. The van der Waals surface area contributed by atoms with Crippen LogP contribution < -0.4 is 10.5 Å². The van der Waals surface area contributed by atoms with E-state index in [2.05, 4.69) is 18.8 Å². The molecule has 1 rings (SSSR count). The number of ether oxygens (including phenoxy) is 1. The minimum Gasteiger partial charge on any atom is -0.492 e. The van der Waals surface area contributed by atoms with E-state index in [0.29, 0.717) is 5.92 Å². The van der Waals surface area contributed by atoms with Crippen molar-refractivity contribution in [3.05, 3.63) is 24.0 Å². The summed E-state index contributed by atoms with van der Waals surface area (Å²) in [6.07, 6.45) is 4.60. The molecular formula is C12H20N2O. The fourth-order valence-corrected chi connectivity index (χ4v) is 1.29. The molecule has 15 heavy (non-hydrogen) atoms. The molecule has 0 amide bonds. The van der Waals surface area contributed by atoms with Gasteiger partial charge in [0.1, 0.15) is 5.75 Å². The number of nitrogens with two attached hydrogens (primary N) is 1. The van der Waals surface area contributed by atoms with Crippen LogP contribution in [0.5, 0.6) is 5.75 Å². The van der Waals surface area contributed by atoms with Crippen LogP contribution >= 0.6 is 0 Å². The van der Waals surface area contributed by atoms with Gasteiger partial charge in [-0.2, -0.15) is 0 Å². The molecule has 2 N–H and O–H groups in total. The SMILES string of the molecule is CCCOc1cncc(C(C)C(C)N)c1. The molecule has 1 heterocycles. The zero-order valence-electron chi connectivity index (χ0n) is 9.73. The lowest BCUT2D eigenvalue weighted by Gasteiger charge is -2.16. The van der Waals surface area contributed by atoms with Crippen LogP contribution in [-0.2, 0) is 0 Å². The Morgan fingerprint density at radius 3 is 2.73 bits per heavy atom. The maximum absolute atomic E-state index is 5.85. The van der Waals surface area contributed by atoms with E-state index < -0.39 is 0 Å². The predicted octanol–water partition coefficient (Wildman–Crippen LogP) is 2.32. The molecule has 84 valence electrons. The fourth-order valence-electron chi connectivity index (χ4n) is 1.29. The van der Waals surface area contributed by atoms with E-state index in [-0.39, 0.29) is 6.04 Å². The molecule has 0 radical (unpaired) electrons. The Balaban J connectivity index is 2.73. The van der Waals surface area contributed by atoms with E-state index in [1.165, 1.54) is 0 Å². The van der Waals surface area contributed by atoms with E-state index in [9.17, 15) is 0 Å². The van der Waals surface area contributed by atoms with E-state index in [1.807, 2.05) is 19.2 Å². The standard InChI is InChI=1S/C12H20N2O/c1-4-5-15-12-6-11(7-14-8-12)9(2)10(3)13/h6-10H,4-5,13H2,1-3H3. The lowest BCUT2D eigenvalue weighted by molar-refractivity contribution is 0.315. The van der Waals surface area contributed by atoms with Crippen LogP contribution in [0.25, 0.3) is 0 Å². The first-order chi connectivity index (χ1) is 7.15. The van der Waals surface area contributed by atoms with Gasteiger partial charge in [-0.05, 0) is 30.9 Å². The topological polar surface area (TPSA) is 48.1 Å².